The number of para-hydroxylation sites is 1. The zero-order valence-electron chi connectivity index (χ0n) is 15.3. The summed E-state index contributed by atoms with van der Waals surface area (Å²) in [7, 11) is 0. The lowest BCUT2D eigenvalue weighted by Gasteiger charge is -2.10. The highest BCUT2D eigenvalue weighted by atomic mass is 32.1. The molecule has 3 N–H and O–H groups in total. The largest absolute Gasteiger partial charge is 0.365 e. The molecule has 0 atom stereocenters. The molecule has 0 unspecified atom stereocenters. The number of nitrogens with zero attached hydrogens (tertiary/aromatic N) is 1. The van der Waals surface area contributed by atoms with Gasteiger partial charge in [-0.3, -0.25) is 4.79 Å². The Bertz CT molecular complexity index is 1220. The molecule has 0 aliphatic rings. The maximum absolute atomic E-state index is 13.0. The van der Waals surface area contributed by atoms with Gasteiger partial charge in [0.1, 0.15) is 11.6 Å². The number of aromatic amines is 1. The Morgan fingerprint density at radius 3 is 2.48 bits per heavy atom. The third-order valence-corrected chi connectivity index (χ3v) is 4.61. The van der Waals surface area contributed by atoms with Crippen LogP contribution < -0.4 is 10.6 Å². The van der Waals surface area contributed by atoms with Gasteiger partial charge in [-0.05, 0) is 66.3 Å². The first-order valence-electron chi connectivity index (χ1n) is 8.97. The van der Waals surface area contributed by atoms with Crippen molar-refractivity contribution in [2.45, 2.75) is 6.54 Å². The maximum Gasteiger partial charge on any atom is 0.255 e. The Hall–Kier alpha value is -3.58. The summed E-state index contributed by atoms with van der Waals surface area (Å²) in [5, 5.41) is 7.00. The minimum Gasteiger partial charge on any atom is -0.365 e. The Labute approximate surface area is 171 Å². The molecule has 0 aliphatic carbocycles. The van der Waals surface area contributed by atoms with Gasteiger partial charge in [0, 0.05) is 23.2 Å². The molecule has 4 rings (SSSR count). The molecule has 0 aliphatic heterocycles. The molecule has 7 heteroatoms. The molecule has 0 fully saturated rings. The maximum atomic E-state index is 13.0. The van der Waals surface area contributed by atoms with Gasteiger partial charge in [-0.1, -0.05) is 24.3 Å². The van der Waals surface area contributed by atoms with Crippen LogP contribution in [0.5, 0.6) is 0 Å². The molecule has 0 spiro atoms. The van der Waals surface area contributed by atoms with Crippen LogP contribution in [-0.2, 0) is 6.54 Å². The second kappa shape index (κ2) is 8.20. The summed E-state index contributed by atoms with van der Waals surface area (Å²) in [5.74, 6) is 0.113. The molecule has 1 heterocycles. The highest BCUT2D eigenvalue weighted by Gasteiger charge is 2.07. The molecular weight excluding hydrogens is 387 g/mol. The van der Waals surface area contributed by atoms with Gasteiger partial charge >= 0.3 is 0 Å². The van der Waals surface area contributed by atoms with Crippen LogP contribution >= 0.6 is 12.2 Å². The van der Waals surface area contributed by atoms with E-state index in [2.05, 4.69) is 20.6 Å². The monoisotopic (exact) mass is 404 g/mol. The number of carbonyl (C=O) groups excluding carboxylic acids is 1. The molecule has 0 bridgehead atoms. The highest BCUT2D eigenvalue weighted by molar-refractivity contribution is 7.71. The van der Waals surface area contributed by atoms with E-state index < -0.39 is 0 Å². The van der Waals surface area contributed by atoms with Crippen molar-refractivity contribution in [1.29, 1.82) is 0 Å². The SMILES string of the molecule is O=C(Nc1ccc(F)cc1)c1ccc(CNc2nc(=S)[nH]c3ccccc23)cc1. The average Bonchev–Trinajstić information content (AvgIpc) is 2.74. The summed E-state index contributed by atoms with van der Waals surface area (Å²) in [6.07, 6.45) is 0. The molecule has 29 heavy (non-hydrogen) atoms. The molecule has 0 radical (unpaired) electrons. The summed E-state index contributed by atoms with van der Waals surface area (Å²) in [5.41, 5.74) is 2.97. The van der Waals surface area contributed by atoms with Crippen LogP contribution in [0.1, 0.15) is 15.9 Å². The minimum absolute atomic E-state index is 0.252. The molecule has 4 aromatic rings. The van der Waals surface area contributed by atoms with Gasteiger partial charge in [0.05, 0.1) is 5.52 Å². The number of fused-ring (bicyclic) bond motifs is 1. The molecule has 144 valence electrons. The Morgan fingerprint density at radius 1 is 1.00 bits per heavy atom. The highest BCUT2D eigenvalue weighted by Crippen LogP contribution is 2.20. The summed E-state index contributed by atoms with van der Waals surface area (Å²) in [6.45, 7) is 0.537. The lowest BCUT2D eigenvalue weighted by Crippen LogP contribution is -2.12. The van der Waals surface area contributed by atoms with Crippen molar-refractivity contribution in [3.8, 4) is 0 Å². The van der Waals surface area contributed by atoms with Gasteiger partial charge in [0.25, 0.3) is 5.91 Å². The lowest BCUT2D eigenvalue weighted by molar-refractivity contribution is 0.102. The second-order valence-corrected chi connectivity index (χ2v) is 6.83. The fourth-order valence-electron chi connectivity index (χ4n) is 2.93. The van der Waals surface area contributed by atoms with Crippen molar-refractivity contribution < 1.29 is 9.18 Å². The summed E-state index contributed by atoms with van der Waals surface area (Å²) in [6, 6.07) is 20.7. The number of amides is 1. The van der Waals surface area contributed by atoms with Crippen molar-refractivity contribution in [2.75, 3.05) is 10.6 Å². The number of hydrogen-bond acceptors (Lipinski definition) is 4. The minimum atomic E-state index is -0.346. The fraction of sp³-hybridized carbons (Fsp3) is 0.0455. The zero-order valence-corrected chi connectivity index (χ0v) is 16.1. The van der Waals surface area contributed by atoms with Crippen molar-refractivity contribution >= 4 is 40.5 Å². The van der Waals surface area contributed by atoms with Gasteiger partial charge in [-0.25, -0.2) is 9.37 Å². The fourth-order valence-corrected chi connectivity index (χ4v) is 3.14. The van der Waals surface area contributed by atoms with Gasteiger partial charge in [-0.15, -0.1) is 0 Å². The standard InChI is InChI=1S/C22H17FN4OS/c23-16-9-11-17(12-10-16)25-21(28)15-7-5-14(6-8-15)13-24-20-18-3-1-2-4-19(18)26-22(29)27-20/h1-12H,13H2,(H,25,28)(H2,24,26,27,29). The first-order chi connectivity index (χ1) is 14.1. The van der Waals surface area contributed by atoms with Crippen LogP contribution in [0.15, 0.2) is 72.8 Å². The number of carbonyl (C=O) groups is 1. The summed E-state index contributed by atoms with van der Waals surface area (Å²) < 4.78 is 13.4. The van der Waals surface area contributed by atoms with E-state index in [1.54, 1.807) is 12.1 Å². The number of nitrogens with one attached hydrogen (secondary N) is 3. The van der Waals surface area contributed by atoms with Gasteiger partial charge in [0.2, 0.25) is 0 Å². The third kappa shape index (κ3) is 4.47. The quantitative estimate of drug-likeness (QED) is 0.395. The van der Waals surface area contributed by atoms with E-state index in [1.165, 1.54) is 24.3 Å². The molecule has 0 saturated carbocycles. The van der Waals surface area contributed by atoms with Crippen LogP contribution in [0.2, 0.25) is 0 Å². The number of aromatic nitrogens is 2. The van der Waals surface area contributed by atoms with Crippen molar-refractivity contribution in [2.24, 2.45) is 0 Å². The Morgan fingerprint density at radius 2 is 1.72 bits per heavy atom. The van der Waals surface area contributed by atoms with Gasteiger partial charge in [0.15, 0.2) is 4.77 Å². The Balaban J connectivity index is 1.44. The van der Waals surface area contributed by atoms with Gasteiger partial charge in [-0.2, -0.15) is 0 Å². The normalized spacial score (nSPS) is 10.7. The zero-order chi connectivity index (χ0) is 20.2. The number of hydrogen-bond donors (Lipinski definition) is 3. The van der Waals surface area contributed by atoms with E-state index in [-0.39, 0.29) is 11.7 Å². The van der Waals surface area contributed by atoms with E-state index in [0.29, 0.717) is 28.4 Å². The van der Waals surface area contributed by atoms with E-state index in [0.717, 1.165) is 16.5 Å². The molecule has 3 aromatic carbocycles. The molecule has 1 amide bonds. The third-order valence-electron chi connectivity index (χ3n) is 4.42. The molecular formula is C22H17FN4OS. The van der Waals surface area contributed by atoms with Crippen LogP contribution in [0.3, 0.4) is 0 Å². The topological polar surface area (TPSA) is 69.8 Å². The first-order valence-corrected chi connectivity index (χ1v) is 9.38. The van der Waals surface area contributed by atoms with Crippen LogP contribution in [0.25, 0.3) is 10.9 Å². The number of anilines is 2. The van der Waals surface area contributed by atoms with Gasteiger partial charge < -0.3 is 15.6 Å². The van der Waals surface area contributed by atoms with Crippen molar-refractivity contribution in [1.82, 2.24) is 9.97 Å². The van der Waals surface area contributed by atoms with Crippen LogP contribution in [0.4, 0.5) is 15.9 Å². The average molecular weight is 404 g/mol. The second-order valence-electron chi connectivity index (χ2n) is 6.45. The van der Waals surface area contributed by atoms with Crippen LogP contribution in [0, 0.1) is 10.6 Å². The van der Waals surface area contributed by atoms with E-state index >= 15 is 0 Å². The number of benzene rings is 3. The molecule has 0 saturated heterocycles. The number of halogens is 1. The van der Waals surface area contributed by atoms with E-state index in [4.69, 9.17) is 12.2 Å². The predicted octanol–water partition coefficient (Wildman–Crippen LogP) is 5.30. The number of rotatable bonds is 5. The summed E-state index contributed by atoms with van der Waals surface area (Å²) in [4.78, 5) is 19.8. The van der Waals surface area contributed by atoms with Crippen molar-refractivity contribution in [3.05, 3.63) is 94.5 Å². The van der Waals surface area contributed by atoms with Crippen LogP contribution in [-0.4, -0.2) is 15.9 Å². The van der Waals surface area contributed by atoms with E-state index in [1.807, 2.05) is 36.4 Å². The lowest BCUT2D eigenvalue weighted by atomic mass is 10.1. The predicted molar refractivity (Wildman–Crippen MR) is 115 cm³/mol. The number of H-pyrrole nitrogens is 1. The molecule has 1 aromatic heterocycles. The van der Waals surface area contributed by atoms with Crippen molar-refractivity contribution in [3.63, 3.8) is 0 Å². The molecule has 5 nitrogen and oxygen atoms in total. The smallest absolute Gasteiger partial charge is 0.255 e. The van der Waals surface area contributed by atoms with E-state index in [9.17, 15) is 9.18 Å². The Kier molecular flexibility index (Phi) is 5.31. The first kappa shape index (κ1) is 18.8. The summed E-state index contributed by atoms with van der Waals surface area (Å²) >= 11 is 5.19.